The van der Waals surface area contributed by atoms with Crippen molar-refractivity contribution in [1.82, 2.24) is 15.3 Å². The first-order chi connectivity index (χ1) is 13.0. The van der Waals surface area contributed by atoms with Crippen LogP contribution in [0.5, 0.6) is 0 Å². The molecule has 0 bridgehead atoms. The van der Waals surface area contributed by atoms with Crippen LogP contribution in [-0.2, 0) is 19.3 Å². The quantitative estimate of drug-likeness (QED) is 0.694. The maximum atomic E-state index is 13.0. The Hall–Kier alpha value is -2.05. The number of halogens is 1. The molecule has 3 aromatic rings. The van der Waals surface area contributed by atoms with Crippen LogP contribution >= 0.6 is 11.3 Å². The van der Waals surface area contributed by atoms with E-state index in [4.69, 9.17) is 4.98 Å². The summed E-state index contributed by atoms with van der Waals surface area (Å²) < 4.78 is 13.0. The Morgan fingerprint density at radius 1 is 1.37 bits per heavy atom. The summed E-state index contributed by atoms with van der Waals surface area (Å²) >= 11 is 1.68. The molecule has 1 aliphatic rings. The van der Waals surface area contributed by atoms with E-state index in [2.05, 4.69) is 17.2 Å². The molecule has 4 rings (SSSR count). The van der Waals surface area contributed by atoms with Gasteiger partial charge in [0.25, 0.3) is 5.56 Å². The number of benzene rings is 1. The summed E-state index contributed by atoms with van der Waals surface area (Å²) in [5, 5.41) is 4.20. The molecule has 1 aliphatic carbocycles. The molecule has 0 unspecified atom stereocenters. The number of aryl methyl sites for hydroxylation is 1. The van der Waals surface area contributed by atoms with E-state index in [0.29, 0.717) is 11.7 Å². The fourth-order valence-electron chi connectivity index (χ4n) is 3.75. The number of H-pyrrole nitrogens is 1. The minimum Gasteiger partial charge on any atom is -0.309 e. The number of hydrogen-bond donors (Lipinski definition) is 2. The van der Waals surface area contributed by atoms with Gasteiger partial charge in [0.2, 0.25) is 0 Å². The van der Waals surface area contributed by atoms with Crippen molar-refractivity contribution in [2.24, 2.45) is 5.92 Å². The lowest BCUT2D eigenvalue weighted by atomic mass is 9.89. The van der Waals surface area contributed by atoms with Crippen LogP contribution < -0.4 is 10.9 Å². The van der Waals surface area contributed by atoms with Crippen molar-refractivity contribution in [2.75, 3.05) is 6.54 Å². The van der Waals surface area contributed by atoms with Crippen LogP contribution in [0.2, 0.25) is 0 Å². The molecule has 6 heteroatoms. The highest BCUT2D eigenvalue weighted by molar-refractivity contribution is 7.18. The maximum absolute atomic E-state index is 13.0. The van der Waals surface area contributed by atoms with E-state index in [1.807, 2.05) is 6.92 Å². The van der Waals surface area contributed by atoms with Crippen LogP contribution in [-0.4, -0.2) is 16.5 Å². The van der Waals surface area contributed by atoms with Gasteiger partial charge in [-0.15, -0.1) is 11.3 Å². The molecule has 0 fully saturated rings. The standard InChI is InChI=1S/C21H24FN3OS/c1-12-3-8-16-17(11-12)27-21-18(16)20(26)24-19(25-21)13(2)23-10-9-14-4-6-15(22)7-5-14/h4-7,12-13,23H,3,8-11H2,1-2H3,(H,24,25,26)/t12-,13+/m1/s1. The molecule has 0 saturated heterocycles. The van der Waals surface area contributed by atoms with E-state index < -0.39 is 0 Å². The van der Waals surface area contributed by atoms with Gasteiger partial charge in [-0.05, 0) is 68.3 Å². The summed E-state index contributed by atoms with van der Waals surface area (Å²) in [6.45, 7) is 5.00. The zero-order valence-electron chi connectivity index (χ0n) is 15.6. The second-order valence-electron chi connectivity index (χ2n) is 7.54. The predicted molar refractivity (Wildman–Crippen MR) is 108 cm³/mol. The molecule has 0 aliphatic heterocycles. The van der Waals surface area contributed by atoms with Crippen LogP contribution in [0.1, 0.15) is 48.1 Å². The van der Waals surface area contributed by atoms with Crippen molar-refractivity contribution >= 4 is 21.6 Å². The third-order valence-electron chi connectivity index (χ3n) is 5.37. The number of aromatic nitrogens is 2. The minimum absolute atomic E-state index is 0.0192. The molecule has 0 radical (unpaired) electrons. The highest BCUT2D eigenvalue weighted by Gasteiger charge is 2.23. The van der Waals surface area contributed by atoms with Crippen molar-refractivity contribution < 1.29 is 4.39 Å². The number of nitrogens with one attached hydrogen (secondary N) is 2. The summed E-state index contributed by atoms with van der Waals surface area (Å²) in [4.78, 5) is 22.6. The summed E-state index contributed by atoms with van der Waals surface area (Å²) in [6.07, 6.45) is 3.96. The number of rotatable bonds is 5. The van der Waals surface area contributed by atoms with Crippen molar-refractivity contribution in [3.8, 4) is 0 Å². The summed E-state index contributed by atoms with van der Waals surface area (Å²) in [6, 6.07) is 6.49. The molecular formula is C21H24FN3OS. The monoisotopic (exact) mass is 385 g/mol. The zero-order valence-corrected chi connectivity index (χ0v) is 16.5. The zero-order chi connectivity index (χ0) is 19.0. The Morgan fingerprint density at radius 2 is 2.15 bits per heavy atom. The van der Waals surface area contributed by atoms with Gasteiger partial charge < -0.3 is 10.3 Å². The first kappa shape index (κ1) is 18.3. The lowest BCUT2D eigenvalue weighted by molar-refractivity contribution is 0.509. The van der Waals surface area contributed by atoms with Gasteiger partial charge in [0.1, 0.15) is 16.5 Å². The largest absolute Gasteiger partial charge is 0.309 e. The van der Waals surface area contributed by atoms with Crippen LogP contribution in [0.15, 0.2) is 29.1 Å². The average Bonchev–Trinajstić information content (AvgIpc) is 3.01. The molecule has 0 spiro atoms. The van der Waals surface area contributed by atoms with Crippen LogP contribution in [0.3, 0.4) is 0 Å². The van der Waals surface area contributed by atoms with Gasteiger partial charge in [-0.2, -0.15) is 0 Å². The first-order valence-corrected chi connectivity index (χ1v) is 10.3. The fraction of sp³-hybridized carbons (Fsp3) is 0.429. The summed E-state index contributed by atoms with van der Waals surface area (Å²) in [5.74, 6) is 1.14. The Balaban J connectivity index is 1.49. The highest BCUT2D eigenvalue weighted by atomic mass is 32.1. The molecule has 0 amide bonds. The Labute approximate surface area is 161 Å². The molecule has 2 heterocycles. The second kappa shape index (κ2) is 7.52. The SMILES string of the molecule is C[C@@H]1CCc2c(sc3nc([C@H](C)NCCc4ccc(F)cc4)[nH]c(=O)c23)C1. The number of fused-ring (bicyclic) bond motifs is 3. The first-order valence-electron chi connectivity index (χ1n) is 9.53. The fourth-order valence-corrected chi connectivity index (χ4v) is 5.14. The smallest absolute Gasteiger partial charge is 0.259 e. The van der Waals surface area contributed by atoms with Crippen molar-refractivity contribution in [3.05, 3.63) is 62.3 Å². The number of hydrogen-bond acceptors (Lipinski definition) is 4. The molecule has 142 valence electrons. The van der Waals surface area contributed by atoms with E-state index in [-0.39, 0.29) is 17.4 Å². The summed E-state index contributed by atoms with van der Waals surface area (Å²) in [7, 11) is 0. The highest BCUT2D eigenvalue weighted by Crippen LogP contribution is 2.35. The predicted octanol–water partition coefficient (Wildman–Crippen LogP) is 4.14. The average molecular weight is 386 g/mol. The normalized spacial score (nSPS) is 17.8. The second-order valence-corrected chi connectivity index (χ2v) is 8.62. The third kappa shape index (κ3) is 3.82. The number of nitrogens with zero attached hydrogens (tertiary/aromatic N) is 1. The molecule has 4 nitrogen and oxygen atoms in total. The van der Waals surface area contributed by atoms with Crippen LogP contribution in [0.25, 0.3) is 10.2 Å². The van der Waals surface area contributed by atoms with Crippen molar-refractivity contribution in [3.63, 3.8) is 0 Å². The van der Waals surface area contributed by atoms with Gasteiger partial charge in [0.05, 0.1) is 11.4 Å². The molecular weight excluding hydrogens is 361 g/mol. The number of thiophene rings is 1. The number of aromatic amines is 1. The van der Waals surface area contributed by atoms with E-state index in [1.54, 1.807) is 23.5 Å². The Morgan fingerprint density at radius 3 is 2.93 bits per heavy atom. The van der Waals surface area contributed by atoms with Crippen molar-refractivity contribution in [2.45, 2.75) is 45.6 Å². The minimum atomic E-state index is -0.219. The summed E-state index contributed by atoms with van der Waals surface area (Å²) in [5.41, 5.74) is 2.27. The van der Waals surface area contributed by atoms with Crippen LogP contribution in [0.4, 0.5) is 4.39 Å². The van der Waals surface area contributed by atoms with Gasteiger partial charge in [-0.25, -0.2) is 9.37 Å². The lowest BCUT2D eigenvalue weighted by Crippen LogP contribution is -2.25. The van der Waals surface area contributed by atoms with Gasteiger partial charge in [0.15, 0.2) is 0 Å². The van der Waals surface area contributed by atoms with Gasteiger partial charge in [0, 0.05) is 4.88 Å². The van der Waals surface area contributed by atoms with E-state index in [1.165, 1.54) is 22.6 Å². The maximum Gasteiger partial charge on any atom is 0.259 e. The van der Waals surface area contributed by atoms with Gasteiger partial charge in [-0.3, -0.25) is 4.79 Å². The molecule has 27 heavy (non-hydrogen) atoms. The van der Waals surface area contributed by atoms with Crippen LogP contribution in [0, 0.1) is 11.7 Å². The lowest BCUT2D eigenvalue weighted by Gasteiger charge is -2.17. The Bertz CT molecular complexity index is 1010. The van der Waals surface area contributed by atoms with Gasteiger partial charge in [-0.1, -0.05) is 19.1 Å². The molecule has 2 aromatic heterocycles. The molecule has 0 saturated carbocycles. The third-order valence-corrected chi connectivity index (χ3v) is 6.52. The van der Waals surface area contributed by atoms with E-state index >= 15 is 0 Å². The van der Waals surface area contributed by atoms with E-state index in [9.17, 15) is 9.18 Å². The molecule has 2 N–H and O–H groups in total. The van der Waals surface area contributed by atoms with E-state index in [0.717, 1.165) is 48.0 Å². The molecule has 1 aromatic carbocycles. The Kier molecular flexibility index (Phi) is 5.10. The van der Waals surface area contributed by atoms with Gasteiger partial charge >= 0.3 is 0 Å². The topological polar surface area (TPSA) is 57.8 Å². The molecule has 2 atom stereocenters. The van der Waals surface area contributed by atoms with Crippen molar-refractivity contribution in [1.29, 1.82) is 0 Å².